The van der Waals surface area contributed by atoms with Gasteiger partial charge >= 0.3 is 0 Å². The normalized spacial score (nSPS) is 15.8. The molecule has 1 aliphatic rings. The van der Waals surface area contributed by atoms with E-state index in [1.807, 2.05) is 0 Å². The molecule has 0 N–H and O–H groups in total. The van der Waals surface area contributed by atoms with Crippen LogP contribution in [0.5, 0.6) is 0 Å². The van der Waals surface area contributed by atoms with E-state index in [-0.39, 0.29) is 0 Å². The van der Waals surface area contributed by atoms with Gasteiger partial charge in [-0.15, -0.1) is 0 Å². The molecule has 0 amide bonds. The molecule has 1 rings (SSSR count). The lowest BCUT2D eigenvalue weighted by Gasteiger charge is -2.16. The van der Waals surface area contributed by atoms with E-state index in [0.717, 1.165) is 0 Å². The fourth-order valence-electron chi connectivity index (χ4n) is 0.536. The fraction of sp³-hybridized carbons (Fsp3) is 0.167. The maximum Gasteiger partial charge on any atom is 0.112 e. The highest BCUT2D eigenvalue weighted by Gasteiger charge is 1.95. The second kappa shape index (κ2) is 2.91. The van der Waals surface area contributed by atoms with Crippen molar-refractivity contribution in [1.29, 1.82) is 0 Å². The zero-order chi connectivity index (χ0) is 6.53. The quantitative estimate of drug-likeness (QED) is 0.511. The number of hydroxylamine groups is 2. The molecule has 0 bridgehead atoms. The molecule has 0 saturated heterocycles. The Hall–Kier alpha value is -1.25. The minimum absolute atomic E-state index is 0.683. The number of rotatable bonds is 2. The first-order valence-corrected chi connectivity index (χ1v) is 2.66. The van der Waals surface area contributed by atoms with E-state index in [2.05, 4.69) is 11.6 Å². The molecule has 0 aromatic heterocycles. The first-order chi connectivity index (χ1) is 4.43. The molecule has 0 atom stereocenters. The molecule has 1 heterocycles. The smallest absolute Gasteiger partial charge is 0.112 e. The summed E-state index contributed by atoms with van der Waals surface area (Å²) in [5.74, 6) is 0. The van der Waals surface area contributed by atoms with Crippen molar-refractivity contribution in [2.45, 2.75) is 0 Å². The first-order valence-electron chi connectivity index (χ1n) is 2.66. The highest BCUT2D eigenvalue weighted by atomic mass is 16.7. The Labute approximate surface area is 53.9 Å². The van der Waals surface area contributed by atoms with Crippen molar-refractivity contribution in [3.05, 3.63) is 25.2 Å². The van der Waals surface area contributed by atoms with E-state index < -0.39 is 0 Å². The molecule has 0 radical (unpaired) electrons. The largest absolute Gasteiger partial charge is 0.388 e. The summed E-state index contributed by atoms with van der Waals surface area (Å²) in [6, 6.07) is 0. The van der Waals surface area contributed by atoms with Crippen LogP contribution in [0.3, 0.4) is 0 Å². The first kappa shape index (κ1) is 5.88. The van der Waals surface area contributed by atoms with Crippen molar-refractivity contribution in [2.75, 3.05) is 6.54 Å². The van der Waals surface area contributed by atoms with Crippen LogP contribution in [0, 0.1) is 0 Å². The summed E-state index contributed by atoms with van der Waals surface area (Å²) in [5.41, 5.74) is 0. The second-order valence-electron chi connectivity index (χ2n) is 1.50. The highest BCUT2D eigenvalue weighted by Crippen LogP contribution is 1.94. The van der Waals surface area contributed by atoms with E-state index in [1.165, 1.54) is 6.26 Å². The van der Waals surface area contributed by atoms with Crippen LogP contribution in [0.15, 0.2) is 30.2 Å². The topological polar surface area (TPSA) is 24.8 Å². The summed E-state index contributed by atoms with van der Waals surface area (Å²) in [4.78, 5) is 8.75. The maximum absolute atomic E-state index is 4.90. The third-order valence-electron chi connectivity index (χ3n) is 0.896. The number of aliphatic imine (C=N–C) groups is 1. The van der Waals surface area contributed by atoms with Crippen LogP contribution >= 0.6 is 0 Å². The standard InChI is InChI=1S/C6H8N2O/c1-2-9-8-5-3-7-4-6-8/h2-5H,1,6H2. The van der Waals surface area contributed by atoms with Crippen molar-refractivity contribution in [3.63, 3.8) is 0 Å². The second-order valence-corrected chi connectivity index (χ2v) is 1.50. The van der Waals surface area contributed by atoms with Gasteiger partial charge in [0.15, 0.2) is 0 Å². The van der Waals surface area contributed by atoms with E-state index in [0.29, 0.717) is 6.54 Å². The Morgan fingerprint density at radius 3 is 3.22 bits per heavy atom. The number of hydrogen-bond acceptors (Lipinski definition) is 3. The highest BCUT2D eigenvalue weighted by molar-refractivity contribution is 5.61. The lowest BCUT2D eigenvalue weighted by Crippen LogP contribution is -2.18. The van der Waals surface area contributed by atoms with Gasteiger partial charge in [-0.05, 0) is 0 Å². The van der Waals surface area contributed by atoms with E-state index in [9.17, 15) is 0 Å². The predicted molar refractivity (Wildman–Crippen MR) is 35.6 cm³/mol. The van der Waals surface area contributed by atoms with Gasteiger partial charge < -0.3 is 4.84 Å². The van der Waals surface area contributed by atoms with Crippen LogP contribution < -0.4 is 0 Å². The minimum atomic E-state index is 0.683. The molecule has 9 heavy (non-hydrogen) atoms. The molecule has 0 saturated carbocycles. The van der Waals surface area contributed by atoms with Gasteiger partial charge in [0.2, 0.25) is 0 Å². The van der Waals surface area contributed by atoms with Gasteiger partial charge in [-0.3, -0.25) is 4.99 Å². The Kier molecular flexibility index (Phi) is 1.90. The van der Waals surface area contributed by atoms with Crippen LogP contribution in [-0.4, -0.2) is 17.8 Å². The van der Waals surface area contributed by atoms with Crippen molar-refractivity contribution in [1.82, 2.24) is 5.06 Å². The summed E-state index contributed by atoms with van der Waals surface area (Å²) in [6.45, 7) is 4.10. The monoisotopic (exact) mass is 124 g/mol. The minimum Gasteiger partial charge on any atom is -0.388 e. The SMILES string of the molecule is C=CON1C=CN=CC1. The Morgan fingerprint density at radius 1 is 1.78 bits per heavy atom. The van der Waals surface area contributed by atoms with E-state index >= 15 is 0 Å². The molecule has 0 aliphatic carbocycles. The summed E-state index contributed by atoms with van der Waals surface area (Å²) in [7, 11) is 0. The third kappa shape index (κ3) is 1.60. The lowest BCUT2D eigenvalue weighted by atomic mass is 10.6. The number of hydrogen-bond donors (Lipinski definition) is 0. The Balaban J connectivity index is 2.36. The molecule has 0 spiro atoms. The molecule has 0 aromatic carbocycles. The Bertz CT molecular complexity index is 149. The summed E-state index contributed by atoms with van der Waals surface area (Å²) in [6.07, 6.45) is 6.53. The molecule has 0 fully saturated rings. The van der Waals surface area contributed by atoms with Crippen LogP contribution in [0.25, 0.3) is 0 Å². The van der Waals surface area contributed by atoms with Crippen LogP contribution in [0.2, 0.25) is 0 Å². The summed E-state index contributed by atoms with van der Waals surface area (Å²) < 4.78 is 0. The Morgan fingerprint density at radius 2 is 2.67 bits per heavy atom. The van der Waals surface area contributed by atoms with Gasteiger partial charge in [-0.25, -0.2) is 5.06 Å². The van der Waals surface area contributed by atoms with E-state index in [4.69, 9.17) is 4.84 Å². The van der Waals surface area contributed by atoms with Crippen LogP contribution in [-0.2, 0) is 4.84 Å². The number of nitrogens with zero attached hydrogens (tertiary/aromatic N) is 2. The van der Waals surface area contributed by atoms with Crippen LogP contribution in [0.1, 0.15) is 0 Å². The maximum atomic E-state index is 4.90. The average molecular weight is 124 g/mol. The average Bonchev–Trinajstić information content (AvgIpc) is 1.91. The van der Waals surface area contributed by atoms with Gasteiger partial charge in [0.25, 0.3) is 0 Å². The molecule has 0 aromatic rings. The van der Waals surface area contributed by atoms with Gasteiger partial charge in [-0.1, -0.05) is 6.58 Å². The zero-order valence-corrected chi connectivity index (χ0v) is 5.03. The van der Waals surface area contributed by atoms with Gasteiger partial charge in [0, 0.05) is 12.4 Å². The summed E-state index contributed by atoms with van der Waals surface area (Å²) >= 11 is 0. The molecule has 1 aliphatic heterocycles. The van der Waals surface area contributed by atoms with Crippen molar-refractivity contribution in [2.24, 2.45) is 4.99 Å². The zero-order valence-electron chi connectivity index (χ0n) is 5.03. The fourth-order valence-corrected chi connectivity index (χ4v) is 0.536. The molecule has 0 unspecified atom stereocenters. The third-order valence-corrected chi connectivity index (χ3v) is 0.896. The molecule has 3 heteroatoms. The van der Waals surface area contributed by atoms with Crippen LogP contribution in [0.4, 0.5) is 0 Å². The van der Waals surface area contributed by atoms with Crippen molar-refractivity contribution < 1.29 is 4.84 Å². The molecular weight excluding hydrogens is 116 g/mol. The summed E-state index contributed by atoms with van der Waals surface area (Å²) in [5, 5.41) is 1.62. The molecule has 3 nitrogen and oxygen atoms in total. The van der Waals surface area contributed by atoms with E-state index in [1.54, 1.807) is 23.7 Å². The lowest BCUT2D eigenvalue weighted by molar-refractivity contribution is -0.0419. The van der Waals surface area contributed by atoms with Crippen molar-refractivity contribution in [3.8, 4) is 0 Å². The predicted octanol–water partition coefficient (Wildman–Crippen LogP) is 0.919. The molecule has 48 valence electrons. The molecular formula is C6H8N2O. The van der Waals surface area contributed by atoms with Crippen molar-refractivity contribution >= 4 is 6.21 Å². The van der Waals surface area contributed by atoms with Gasteiger partial charge in [0.1, 0.15) is 6.26 Å². The van der Waals surface area contributed by atoms with Gasteiger partial charge in [-0.2, -0.15) is 0 Å². The van der Waals surface area contributed by atoms with Gasteiger partial charge in [0.05, 0.1) is 12.7 Å².